The summed E-state index contributed by atoms with van der Waals surface area (Å²) < 4.78 is 9.90. The second-order valence-corrected chi connectivity index (χ2v) is 17.8. The first kappa shape index (κ1) is 35.4. The van der Waals surface area contributed by atoms with E-state index in [1.807, 2.05) is 23.7 Å². The van der Waals surface area contributed by atoms with E-state index in [-0.39, 0.29) is 0 Å². The number of benzene rings is 9. The third-order valence-corrected chi connectivity index (χ3v) is 14.5. The third-order valence-electron chi connectivity index (χ3n) is 13.3. The predicted molar refractivity (Wildman–Crippen MR) is 271 cm³/mol. The van der Waals surface area contributed by atoms with Gasteiger partial charge in [-0.15, -0.1) is 11.3 Å². The maximum absolute atomic E-state index is 4.55. The molecule has 0 aliphatic rings. The molecule has 5 heterocycles. The van der Waals surface area contributed by atoms with E-state index >= 15 is 0 Å². The van der Waals surface area contributed by atoms with Gasteiger partial charge in [-0.05, 0) is 102 Å². The number of thiophene rings is 1. The minimum absolute atomic E-state index is 1.09. The minimum atomic E-state index is 1.09. The Labute approximate surface area is 371 Å². The van der Waals surface area contributed by atoms with Crippen LogP contribution >= 0.6 is 11.3 Å². The fraction of sp³-hybridized carbons (Fsp3) is 0. The number of nitrogens with zero attached hydrogens (tertiary/aromatic N) is 4. The number of pyridine rings is 1. The van der Waals surface area contributed by atoms with E-state index in [0.717, 1.165) is 28.1 Å². The molecule has 0 aliphatic carbocycles. The highest BCUT2D eigenvalue weighted by Crippen LogP contribution is 2.46. The Morgan fingerprint density at radius 2 is 0.906 bits per heavy atom. The summed E-state index contributed by atoms with van der Waals surface area (Å²) in [5.41, 5.74) is 15.2. The topological polar surface area (TPSA) is 27.7 Å². The molecule has 14 aromatic rings. The lowest BCUT2D eigenvalue weighted by Gasteiger charge is -2.17. The lowest BCUT2D eigenvalue weighted by atomic mass is 9.91. The van der Waals surface area contributed by atoms with Crippen molar-refractivity contribution in [1.82, 2.24) is 18.7 Å². The average Bonchev–Trinajstić information content (AvgIpc) is 4.10. The van der Waals surface area contributed by atoms with Gasteiger partial charge in [0.2, 0.25) is 0 Å². The van der Waals surface area contributed by atoms with Crippen LogP contribution in [0.15, 0.2) is 219 Å². The molecule has 0 atom stereocenters. The van der Waals surface area contributed by atoms with E-state index in [0.29, 0.717) is 0 Å². The first-order chi connectivity index (χ1) is 31.8. The van der Waals surface area contributed by atoms with Crippen molar-refractivity contribution < 1.29 is 0 Å². The number of aromatic nitrogens is 4. The summed E-state index contributed by atoms with van der Waals surface area (Å²) in [6.07, 6.45) is 3.88. The van der Waals surface area contributed by atoms with Gasteiger partial charge in [0.1, 0.15) is 0 Å². The Morgan fingerprint density at radius 3 is 1.73 bits per heavy atom. The van der Waals surface area contributed by atoms with E-state index in [1.165, 1.54) is 96.8 Å². The second kappa shape index (κ2) is 13.6. The molecule has 0 bridgehead atoms. The van der Waals surface area contributed by atoms with Crippen molar-refractivity contribution >= 4 is 96.9 Å². The van der Waals surface area contributed by atoms with E-state index in [1.54, 1.807) is 0 Å². The van der Waals surface area contributed by atoms with Crippen LogP contribution in [0.5, 0.6) is 0 Å². The summed E-state index contributed by atoms with van der Waals surface area (Å²) in [6, 6.07) is 75.9. The van der Waals surface area contributed by atoms with E-state index in [4.69, 9.17) is 0 Å². The lowest BCUT2D eigenvalue weighted by Crippen LogP contribution is -1.97. The fourth-order valence-electron chi connectivity index (χ4n) is 10.6. The molecule has 298 valence electrons. The van der Waals surface area contributed by atoms with Crippen LogP contribution in [0.2, 0.25) is 0 Å². The zero-order chi connectivity index (χ0) is 41.9. The molecule has 0 radical (unpaired) electrons. The largest absolute Gasteiger partial charge is 0.309 e. The van der Waals surface area contributed by atoms with Gasteiger partial charge in [0.25, 0.3) is 0 Å². The predicted octanol–water partition coefficient (Wildman–Crippen LogP) is 16.1. The zero-order valence-corrected chi connectivity index (χ0v) is 35.3. The van der Waals surface area contributed by atoms with Gasteiger partial charge in [0.15, 0.2) is 0 Å². The van der Waals surface area contributed by atoms with Crippen LogP contribution in [0.4, 0.5) is 0 Å². The van der Waals surface area contributed by atoms with E-state index < -0.39 is 0 Å². The number of rotatable bonds is 5. The van der Waals surface area contributed by atoms with Gasteiger partial charge < -0.3 is 13.7 Å². The monoisotopic (exact) mass is 832 g/mol. The SMILES string of the molecule is c1ccc(-c2ccc3c4ccccc4n(-c4ccc5sc6ccccc6c5c4)c3c2-c2ccc3c(c2)c2ccccc2n3-c2ccc3c(c2)c2ccncc2n3-c2ccccc2)cc1. The summed E-state index contributed by atoms with van der Waals surface area (Å²) in [5.74, 6) is 0. The van der Waals surface area contributed by atoms with Crippen molar-refractivity contribution in [3.05, 3.63) is 219 Å². The molecule has 0 saturated heterocycles. The smallest absolute Gasteiger partial charge is 0.0724 e. The molecule has 0 amide bonds. The van der Waals surface area contributed by atoms with Gasteiger partial charge in [-0.2, -0.15) is 0 Å². The van der Waals surface area contributed by atoms with Gasteiger partial charge in [0, 0.05) is 81.3 Å². The Kier molecular flexibility index (Phi) is 7.53. The highest BCUT2D eigenvalue weighted by Gasteiger charge is 2.23. The molecule has 14 rings (SSSR count). The molecule has 9 aromatic carbocycles. The number of hydrogen-bond acceptors (Lipinski definition) is 2. The third kappa shape index (κ3) is 5.07. The molecule has 0 fully saturated rings. The van der Waals surface area contributed by atoms with E-state index in [9.17, 15) is 0 Å². The number of para-hydroxylation sites is 3. The van der Waals surface area contributed by atoms with Gasteiger partial charge in [-0.25, -0.2) is 0 Å². The van der Waals surface area contributed by atoms with Crippen LogP contribution in [0.25, 0.3) is 125 Å². The van der Waals surface area contributed by atoms with Crippen molar-refractivity contribution in [3.63, 3.8) is 0 Å². The van der Waals surface area contributed by atoms with Crippen LogP contribution in [0, 0.1) is 0 Å². The van der Waals surface area contributed by atoms with Crippen molar-refractivity contribution in [2.24, 2.45) is 0 Å². The Hall–Kier alpha value is -8.25. The molecule has 5 heteroatoms. The summed E-state index contributed by atoms with van der Waals surface area (Å²) in [5, 5.41) is 9.89. The number of fused-ring (bicyclic) bond motifs is 12. The van der Waals surface area contributed by atoms with Gasteiger partial charge in [-0.3, -0.25) is 4.98 Å². The molecule has 0 N–H and O–H groups in total. The minimum Gasteiger partial charge on any atom is -0.309 e. The zero-order valence-electron chi connectivity index (χ0n) is 34.5. The normalized spacial score (nSPS) is 12.1. The molecule has 5 aromatic heterocycles. The molecule has 0 unspecified atom stereocenters. The summed E-state index contributed by atoms with van der Waals surface area (Å²) in [7, 11) is 0. The van der Waals surface area contributed by atoms with Crippen LogP contribution in [0.1, 0.15) is 0 Å². The van der Waals surface area contributed by atoms with Crippen molar-refractivity contribution in [1.29, 1.82) is 0 Å². The van der Waals surface area contributed by atoms with Gasteiger partial charge >= 0.3 is 0 Å². The molecule has 0 saturated carbocycles. The first-order valence-corrected chi connectivity index (χ1v) is 22.6. The fourth-order valence-corrected chi connectivity index (χ4v) is 11.7. The van der Waals surface area contributed by atoms with Crippen LogP contribution in [-0.2, 0) is 0 Å². The molecule has 0 aliphatic heterocycles. The Morgan fingerprint density at radius 1 is 0.328 bits per heavy atom. The van der Waals surface area contributed by atoms with Crippen LogP contribution < -0.4 is 0 Å². The molecule has 64 heavy (non-hydrogen) atoms. The molecular formula is C59H36N4S. The standard InChI is InChI=1S/C59H36N4S/c1-3-13-37(14-4-1)42-26-27-47-43-17-7-11-21-52(43)63(41-25-30-57-50(35-41)46-19-9-12-22-56(46)64-57)59(47)58(42)38-23-28-53-48(33-38)44-18-8-10-20-51(44)62(53)40-24-29-54-49(34-40)45-31-32-60-36-55(45)61(54)39-15-5-2-6-16-39/h1-36H. The van der Waals surface area contributed by atoms with Crippen molar-refractivity contribution in [2.75, 3.05) is 0 Å². The van der Waals surface area contributed by atoms with Gasteiger partial charge in [0.05, 0.1) is 39.3 Å². The van der Waals surface area contributed by atoms with Crippen molar-refractivity contribution in [3.8, 4) is 39.3 Å². The van der Waals surface area contributed by atoms with Crippen LogP contribution in [0.3, 0.4) is 0 Å². The first-order valence-electron chi connectivity index (χ1n) is 21.8. The second-order valence-electron chi connectivity index (χ2n) is 16.7. The van der Waals surface area contributed by atoms with E-state index in [2.05, 4.69) is 225 Å². The lowest BCUT2D eigenvalue weighted by molar-refractivity contribution is 1.16. The number of hydrogen-bond donors (Lipinski definition) is 0. The van der Waals surface area contributed by atoms with Gasteiger partial charge in [-0.1, -0.05) is 121 Å². The average molecular weight is 833 g/mol. The maximum atomic E-state index is 4.55. The quantitative estimate of drug-likeness (QED) is 0.170. The van der Waals surface area contributed by atoms with Crippen molar-refractivity contribution in [2.45, 2.75) is 0 Å². The summed E-state index contributed by atoms with van der Waals surface area (Å²) >= 11 is 1.86. The molecule has 4 nitrogen and oxygen atoms in total. The summed E-state index contributed by atoms with van der Waals surface area (Å²) in [6.45, 7) is 0. The molecular weight excluding hydrogens is 797 g/mol. The Balaban J connectivity index is 1.04. The highest BCUT2D eigenvalue weighted by atomic mass is 32.1. The van der Waals surface area contributed by atoms with Crippen LogP contribution in [-0.4, -0.2) is 18.7 Å². The summed E-state index contributed by atoms with van der Waals surface area (Å²) in [4.78, 5) is 4.55. The molecule has 0 spiro atoms. The Bertz CT molecular complexity index is 4190. The maximum Gasteiger partial charge on any atom is 0.0724 e. The highest BCUT2D eigenvalue weighted by molar-refractivity contribution is 7.25.